The summed E-state index contributed by atoms with van der Waals surface area (Å²) in [5.41, 5.74) is 3.54. The fourth-order valence-corrected chi connectivity index (χ4v) is 3.80. The molecule has 0 unspecified atom stereocenters. The van der Waals surface area contributed by atoms with Crippen LogP contribution in [0.3, 0.4) is 0 Å². The smallest absolute Gasteiger partial charge is 0.255 e. The Morgan fingerprint density at radius 3 is 2.97 bits per heavy atom. The van der Waals surface area contributed by atoms with Crippen molar-refractivity contribution in [3.8, 4) is 23.0 Å². The molecule has 1 amide bonds. The molecular weight excluding hydrogens is 424 g/mol. The molecule has 170 valence electrons. The molecule has 0 fully saturated rings. The Morgan fingerprint density at radius 2 is 2.15 bits per heavy atom. The highest BCUT2D eigenvalue weighted by Crippen LogP contribution is 2.35. The second-order valence-corrected chi connectivity index (χ2v) is 8.03. The standard InChI is InChI=1S/C22H24N8O3/c1-14(2)30-22(23-13-25-30)29-11-16-5-8-33-19-4-3-15(9-18(19)20(16)27-29)21(32)26-17-10-24-28(12-17)6-7-31/h3-4,9-14,31H,5-8H2,1-2H3,(H,26,32). The zero-order chi connectivity index (χ0) is 22.9. The first-order chi connectivity index (χ1) is 16.0. The van der Waals surface area contributed by atoms with Crippen molar-refractivity contribution in [2.45, 2.75) is 32.9 Å². The summed E-state index contributed by atoms with van der Waals surface area (Å²) >= 11 is 0. The molecule has 4 aromatic rings. The van der Waals surface area contributed by atoms with Gasteiger partial charge in [-0.3, -0.25) is 9.48 Å². The first kappa shape index (κ1) is 20.9. The highest BCUT2D eigenvalue weighted by Gasteiger charge is 2.23. The molecule has 2 N–H and O–H groups in total. The quantitative estimate of drug-likeness (QED) is 0.463. The number of aliphatic hydroxyl groups excluding tert-OH is 1. The van der Waals surface area contributed by atoms with Crippen LogP contribution < -0.4 is 10.1 Å². The monoisotopic (exact) mass is 448 g/mol. The molecular formula is C22H24N8O3. The largest absolute Gasteiger partial charge is 0.493 e. The van der Waals surface area contributed by atoms with Crippen molar-refractivity contribution in [3.05, 3.63) is 54.2 Å². The van der Waals surface area contributed by atoms with Crippen LogP contribution in [0.5, 0.6) is 5.75 Å². The summed E-state index contributed by atoms with van der Waals surface area (Å²) in [6.07, 6.45) is 7.37. The van der Waals surface area contributed by atoms with E-state index in [1.165, 1.54) is 6.33 Å². The van der Waals surface area contributed by atoms with Gasteiger partial charge in [-0.2, -0.15) is 20.3 Å². The fourth-order valence-electron chi connectivity index (χ4n) is 3.80. The van der Waals surface area contributed by atoms with Crippen molar-refractivity contribution in [3.63, 3.8) is 0 Å². The van der Waals surface area contributed by atoms with E-state index in [-0.39, 0.29) is 18.6 Å². The summed E-state index contributed by atoms with van der Waals surface area (Å²) in [4.78, 5) is 17.3. The maximum Gasteiger partial charge on any atom is 0.255 e. The number of amides is 1. The van der Waals surface area contributed by atoms with Crippen LogP contribution in [0.25, 0.3) is 17.2 Å². The van der Waals surface area contributed by atoms with Gasteiger partial charge in [0.1, 0.15) is 12.1 Å². The molecule has 11 nitrogen and oxygen atoms in total. The number of nitrogens with zero attached hydrogens (tertiary/aromatic N) is 7. The summed E-state index contributed by atoms with van der Waals surface area (Å²) in [7, 11) is 0. The Balaban J connectivity index is 1.48. The molecule has 3 aromatic heterocycles. The highest BCUT2D eigenvalue weighted by molar-refractivity contribution is 6.05. The zero-order valence-corrected chi connectivity index (χ0v) is 18.3. The normalized spacial score (nSPS) is 12.7. The summed E-state index contributed by atoms with van der Waals surface area (Å²) in [5, 5.41) is 25.1. The van der Waals surface area contributed by atoms with Gasteiger partial charge in [0.2, 0.25) is 5.95 Å². The summed E-state index contributed by atoms with van der Waals surface area (Å²) in [5.74, 6) is 1.04. The lowest BCUT2D eigenvalue weighted by Crippen LogP contribution is -2.12. The van der Waals surface area contributed by atoms with Gasteiger partial charge in [0.25, 0.3) is 5.91 Å². The molecule has 0 spiro atoms. The predicted octanol–water partition coefficient (Wildman–Crippen LogP) is 2.09. The number of fused-ring (bicyclic) bond motifs is 3. The maximum absolute atomic E-state index is 12.9. The van der Waals surface area contributed by atoms with Crippen molar-refractivity contribution in [1.82, 2.24) is 34.3 Å². The van der Waals surface area contributed by atoms with E-state index in [1.54, 1.807) is 40.0 Å². The number of anilines is 1. The molecule has 1 aliphatic rings. The number of carbonyl (C=O) groups excluding carboxylic acids is 1. The van der Waals surface area contributed by atoms with Crippen LogP contribution in [0.4, 0.5) is 5.69 Å². The first-order valence-electron chi connectivity index (χ1n) is 10.7. The molecule has 11 heteroatoms. The van der Waals surface area contributed by atoms with Crippen molar-refractivity contribution >= 4 is 11.6 Å². The number of hydrogen-bond donors (Lipinski definition) is 2. The molecule has 1 aromatic carbocycles. The van der Waals surface area contributed by atoms with E-state index in [0.717, 1.165) is 16.8 Å². The van der Waals surface area contributed by atoms with Crippen molar-refractivity contribution in [2.75, 3.05) is 18.5 Å². The molecule has 0 atom stereocenters. The third-order valence-corrected chi connectivity index (χ3v) is 5.38. The van der Waals surface area contributed by atoms with Gasteiger partial charge in [0.15, 0.2) is 0 Å². The molecule has 0 radical (unpaired) electrons. The lowest BCUT2D eigenvalue weighted by molar-refractivity contribution is 0.102. The minimum atomic E-state index is -0.272. The van der Waals surface area contributed by atoms with Crippen molar-refractivity contribution in [2.24, 2.45) is 0 Å². The van der Waals surface area contributed by atoms with Gasteiger partial charge in [0, 0.05) is 35.5 Å². The van der Waals surface area contributed by atoms with Gasteiger partial charge < -0.3 is 15.2 Å². The van der Waals surface area contributed by atoms with E-state index in [0.29, 0.717) is 42.5 Å². The summed E-state index contributed by atoms with van der Waals surface area (Å²) in [6, 6.07) is 5.45. The fraction of sp³-hybridized carbons (Fsp3) is 0.318. The molecule has 1 aliphatic heterocycles. The number of aromatic nitrogens is 7. The average molecular weight is 448 g/mol. The van der Waals surface area contributed by atoms with E-state index in [4.69, 9.17) is 14.9 Å². The minimum Gasteiger partial charge on any atom is -0.493 e. The van der Waals surface area contributed by atoms with Crippen LogP contribution in [0.2, 0.25) is 0 Å². The molecule has 0 aliphatic carbocycles. The molecule has 0 bridgehead atoms. The van der Waals surface area contributed by atoms with E-state index in [1.807, 2.05) is 24.7 Å². The number of ether oxygens (including phenoxy) is 1. The average Bonchev–Trinajstić information content (AvgIpc) is 3.52. The Labute approximate surface area is 189 Å². The third kappa shape index (κ3) is 3.98. The van der Waals surface area contributed by atoms with Crippen LogP contribution in [0.15, 0.2) is 43.1 Å². The number of nitrogens with one attached hydrogen (secondary N) is 1. The number of carbonyl (C=O) groups is 1. The molecule has 33 heavy (non-hydrogen) atoms. The van der Waals surface area contributed by atoms with E-state index in [9.17, 15) is 4.79 Å². The predicted molar refractivity (Wildman–Crippen MR) is 119 cm³/mol. The van der Waals surface area contributed by atoms with Gasteiger partial charge in [-0.15, -0.1) is 0 Å². The Morgan fingerprint density at radius 1 is 1.27 bits per heavy atom. The zero-order valence-electron chi connectivity index (χ0n) is 18.3. The van der Waals surface area contributed by atoms with Crippen LogP contribution in [-0.4, -0.2) is 58.6 Å². The molecule has 4 heterocycles. The van der Waals surface area contributed by atoms with E-state index < -0.39 is 0 Å². The van der Waals surface area contributed by atoms with E-state index >= 15 is 0 Å². The van der Waals surface area contributed by atoms with Crippen LogP contribution in [-0.2, 0) is 13.0 Å². The molecule has 5 rings (SSSR count). The lowest BCUT2D eigenvalue weighted by atomic mass is 10.0. The molecule has 0 saturated heterocycles. The van der Waals surface area contributed by atoms with Gasteiger partial charge in [-0.25, -0.2) is 9.36 Å². The Kier molecular flexibility index (Phi) is 5.38. The first-order valence-corrected chi connectivity index (χ1v) is 10.7. The van der Waals surface area contributed by atoms with Crippen molar-refractivity contribution in [1.29, 1.82) is 0 Å². The minimum absolute atomic E-state index is 0.0255. The second kappa shape index (κ2) is 8.51. The SMILES string of the molecule is CC(C)n1ncnc1-n1cc2c(n1)-c1cc(C(=O)Nc3cnn(CCO)c3)ccc1OCC2. The van der Waals surface area contributed by atoms with Crippen LogP contribution in [0, 0.1) is 0 Å². The molecule has 0 saturated carbocycles. The van der Waals surface area contributed by atoms with Gasteiger partial charge in [-0.1, -0.05) is 0 Å². The number of hydrogen-bond acceptors (Lipinski definition) is 7. The van der Waals surface area contributed by atoms with Gasteiger partial charge >= 0.3 is 0 Å². The number of aliphatic hydroxyl groups is 1. The topological polar surface area (TPSA) is 125 Å². The second-order valence-electron chi connectivity index (χ2n) is 8.03. The van der Waals surface area contributed by atoms with Gasteiger partial charge in [0.05, 0.1) is 43.4 Å². The van der Waals surface area contributed by atoms with Gasteiger partial charge in [-0.05, 0) is 32.0 Å². The van der Waals surface area contributed by atoms with Crippen LogP contribution >= 0.6 is 0 Å². The Hall–Kier alpha value is -3.99. The third-order valence-electron chi connectivity index (χ3n) is 5.38. The maximum atomic E-state index is 12.9. The number of rotatable bonds is 6. The Bertz CT molecular complexity index is 1300. The lowest BCUT2D eigenvalue weighted by Gasteiger charge is -2.10. The summed E-state index contributed by atoms with van der Waals surface area (Å²) in [6.45, 7) is 4.92. The van der Waals surface area contributed by atoms with Crippen molar-refractivity contribution < 1.29 is 14.6 Å². The number of benzene rings is 1. The highest BCUT2D eigenvalue weighted by atomic mass is 16.5. The van der Waals surface area contributed by atoms with Crippen LogP contribution in [0.1, 0.15) is 35.8 Å². The van der Waals surface area contributed by atoms with E-state index in [2.05, 4.69) is 20.5 Å². The summed E-state index contributed by atoms with van der Waals surface area (Å²) < 4.78 is 11.0.